The van der Waals surface area contributed by atoms with E-state index in [2.05, 4.69) is 23.5 Å². The van der Waals surface area contributed by atoms with Crippen LogP contribution in [-0.2, 0) is 27.7 Å². The fourth-order valence-corrected chi connectivity index (χ4v) is 6.47. The molecule has 2 aliphatic rings. The van der Waals surface area contributed by atoms with Gasteiger partial charge in [-0.2, -0.15) is 0 Å². The number of nitrogens with one attached hydrogen (secondary N) is 1. The second-order valence-corrected chi connectivity index (χ2v) is 11.8. The number of amides is 1. The van der Waals surface area contributed by atoms with Crippen molar-refractivity contribution in [1.82, 2.24) is 5.32 Å². The topological polar surface area (TPSA) is 75.7 Å². The van der Waals surface area contributed by atoms with Crippen LogP contribution >= 0.6 is 11.6 Å². The predicted molar refractivity (Wildman–Crippen MR) is 141 cm³/mol. The Kier molecular flexibility index (Phi) is 6.70. The lowest BCUT2D eigenvalue weighted by atomic mass is 9.89. The molecule has 0 aromatic heterocycles. The lowest BCUT2D eigenvalue weighted by molar-refractivity contribution is -0.128. The van der Waals surface area contributed by atoms with Crippen molar-refractivity contribution in [3.8, 4) is 5.75 Å². The van der Waals surface area contributed by atoms with Gasteiger partial charge in [-0.1, -0.05) is 47.5 Å². The van der Waals surface area contributed by atoms with Gasteiger partial charge in [0.05, 0.1) is 23.2 Å². The molecule has 0 unspecified atom stereocenters. The van der Waals surface area contributed by atoms with E-state index in [-0.39, 0.29) is 23.4 Å². The highest BCUT2D eigenvalue weighted by atomic mass is 35.5. The molecule has 0 bridgehead atoms. The molecule has 1 amide bonds. The van der Waals surface area contributed by atoms with Crippen molar-refractivity contribution in [1.29, 1.82) is 0 Å². The lowest BCUT2D eigenvalue weighted by Crippen LogP contribution is -2.51. The molecule has 3 aromatic rings. The number of halogens is 1. The summed E-state index contributed by atoms with van der Waals surface area (Å²) in [4.78, 5) is 13.5. The highest BCUT2D eigenvalue weighted by Gasteiger charge is 2.38. The van der Waals surface area contributed by atoms with Gasteiger partial charge in [-0.05, 0) is 86.6 Å². The Labute approximate surface area is 217 Å². The minimum atomic E-state index is -3.95. The molecule has 1 heterocycles. The zero-order valence-corrected chi connectivity index (χ0v) is 21.9. The smallest absolute Gasteiger partial charge is 0.264 e. The monoisotopic (exact) mass is 524 g/mol. The van der Waals surface area contributed by atoms with Crippen LogP contribution in [0, 0.1) is 6.92 Å². The molecule has 188 valence electrons. The standard InChI is InChI=1S/C28H29ClN2O4S/c1-18-7-12-24(13-8-18)36(33,34)31-17-27(35-26-14-11-23(29)16-25(26)31)28(32)30-19(2)21-10-9-20-5-3-4-6-22(20)15-21/h7-16,19,27H,3-6,17H2,1-2H3,(H,30,32)/t19-,27+/m1/s1. The Morgan fingerprint density at radius 1 is 1.03 bits per heavy atom. The van der Waals surface area contributed by atoms with Gasteiger partial charge in [0.25, 0.3) is 15.9 Å². The molecule has 0 saturated carbocycles. The first-order valence-electron chi connectivity index (χ1n) is 12.2. The number of ether oxygens (including phenoxy) is 1. The van der Waals surface area contributed by atoms with Crippen molar-refractivity contribution in [2.75, 3.05) is 10.8 Å². The van der Waals surface area contributed by atoms with Crippen LogP contribution < -0.4 is 14.4 Å². The van der Waals surface area contributed by atoms with Gasteiger partial charge in [0.15, 0.2) is 6.10 Å². The normalized spacial score (nSPS) is 18.0. The van der Waals surface area contributed by atoms with Gasteiger partial charge < -0.3 is 10.1 Å². The molecule has 6 nitrogen and oxygen atoms in total. The first-order valence-corrected chi connectivity index (χ1v) is 14.0. The van der Waals surface area contributed by atoms with E-state index in [1.807, 2.05) is 13.8 Å². The first kappa shape index (κ1) is 24.7. The van der Waals surface area contributed by atoms with E-state index in [0.29, 0.717) is 16.5 Å². The zero-order valence-electron chi connectivity index (χ0n) is 20.3. The maximum Gasteiger partial charge on any atom is 0.264 e. The van der Waals surface area contributed by atoms with Crippen LogP contribution in [0.2, 0.25) is 5.02 Å². The Morgan fingerprint density at radius 3 is 2.50 bits per heavy atom. The van der Waals surface area contributed by atoms with Crippen molar-refractivity contribution in [2.24, 2.45) is 0 Å². The summed E-state index contributed by atoms with van der Waals surface area (Å²) in [5.41, 5.74) is 5.01. The molecule has 0 saturated heterocycles. The average Bonchev–Trinajstić information content (AvgIpc) is 2.87. The molecular formula is C28H29ClN2O4S. The third kappa shape index (κ3) is 4.82. The van der Waals surface area contributed by atoms with Crippen LogP contribution in [0.25, 0.3) is 0 Å². The second-order valence-electron chi connectivity index (χ2n) is 9.53. The number of carbonyl (C=O) groups excluding carboxylic acids is 1. The van der Waals surface area contributed by atoms with Crippen molar-refractivity contribution >= 4 is 33.2 Å². The second kappa shape index (κ2) is 9.79. The van der Waals surface area contributed by atoms with Crippen molar-refractivity contribution < 1.29 is 17.9 Å². The maximum atomic E-state index is 13.6. The number of fused-ring (bicyclic) bond motifs is 2. The minimum absolute atomic E-state index is 0.141. The van der Waals surface area contributed by atoms with Crippen LogP contribution in [0.3, 0.4) is 0 Å². The van der Waals surface area contributed by atoms with Crippen LogP contribution in [0.1, 0.15) is 48.1 Å². The van der Waals surface area contributed by atoms with Crippen molar-refractivity contribution in [3.63, 3.8) is 0 Å². The van der Waals surface area contributed by atoms with Gasteiger partial charge in [-0.15, -0.1) is 0 Å². The SMILES string of the molecule is Cc1ccc(S(=O)(=O)N2C[C@@H](C(=O)N[C@H](C)c3ccc4c(c3)CCCC4)Oc3ccc(Cl)cc32)cc1. The fourth-order valence-electron chi connectivity index (χ4n) is 4.84. The molecule has 3 aromatic carbocycles. The molecule has 36 heavy (non-hydrogen) atoms. The minimum Gasteiger partial charge on any atom is -0.476 e. The molecule has 1 aliphatic carbocycles. The summed E-state index contributed by atoms with van der Waals surface area (Å²) in [6, 6.07) is 17.5. The molecule has 0 fully saturated rings. The summed E-state index contributed by atoms with van der Waals surface area (Å²) in [7, 11) is -3.95. The number of aryl methyl sites for hydroxylation is 3. The zero-order chi connectivity index (χ0) is 25.4. The highest BCUT2D eigenvalue weighted by molar-refractivity contribution is 7.92. The van der Waals surface area contributed by atoms with Crippen molar-refractivity contribution in [3.05, 3.63) is 87.9 Å². The van der Waals surface area contributed by atoms with E-state index in [1.54, 1.807) is 42.5 Å². The van der Waals surface area contributed by atoms with E-state index in [4.69, 9.17) is 16.3 Å². The fraction of sp³-hybridized carbons (Fsp3) is 0.321. The van der Waals surface area contributed by atoms with Crippen LogP contribution in [0.5, 0.6) is 5.75 Å². The number of nitrogens with zero attached hydrogens (tertiary/aromatic N) is 1. The van der Waals surface area contributed by atoms with E-state index >= 15 is 0 Å². The Bertz CT molecular complexity index is 1410. The van der Waals surface area contributed by atoms with Crippen LogP contribution in [-0.4, -0.2) is 27.0 Å². The van der Waals surface area contributed by atoms with Gasteiger partial charge in [0.1, 0.15) is 5.75 Å². The molecule has 2 atom stereocenters. The summed E-state index contributed by atoms with van der Waals surface area (Å²) in [6.45, 7) is 3.66. The van der Waals surface area contributed by atoms with E-state index in [1.165, 1.54) is 28.3 Å². The molecule has 8 heteroatoms. The van der Waals surface area contributed by atoms with Crippen LogP contribution in [0.15, 0.2) is 65.6 Å². The van der Waals surface area contributed by atoms with Crippen molar-refractivity contribution in [2.45, 2.75) is 56.6 Å². The Morgan fingerprint density at radius 2 is 1.75 bits per heavy atom. The molecule has 5 rings (SSSR count). The first-order chi connectivity index (χ1) is 17.2. The van der Waals surface area contributed by atoms with Gasteiger partial charge in [0.2, 0.25) is 0 Å². The molecule has 1 aliphatic heterocycles. The van der Waals surface area contributed by atoms with Gasteiger partial charge in [0, 0.05) is 5.02 Å². The number of hydrogen-bond donors (Lipinski definition) is 1. The van der Waals surface area contributed by atoms with E-state index in [9.17, 15) is 13.2 Å². The lowest BCUT2D eigenvalue weighted by Gasteiger charge is -2.35. The summed E-state index contributed by atoms with van der Waals surface area (Å²) < 4.78 is 34.4. The van der Waals surface area contributed by atoms with Gasteiger partial charge in [-0.3, -0.25) is 9.10 Å². The summed E-state index contributed by atoms with van der Waals surface area (Å²) in [5.74, 6) is -0.0761. The van der Waals surface area contributed by atoms with E-state index < -0.39 is 16.1 Å². The molecule has 0 spiro atoms. The number of rotatable bonds is 5. The van der Waals surface area contributed by atoms with Gasteiger partial charge in [-0.25, -0.2) is 8.42 Å². The van der Waals surface area contributed by atoms with Gasteiger partial charge >= 0.3 is 0 Å². The molecular weight excluding hydrogens is 496 g/mol. The predicted octanol–water partition coefficient (Wildman–Crippen LogP) is 5.36. The summed E-state index contributed by atoms with van der Waals surface area (Å²) in [6.07, 6.45) is 3.54. The Hall–Kier alpha value is -3.03. The average molecular weight is 525 g/mol. The summed E-state index contributed by atoms with van der Waals surface area (Å²) >= 11 is 6.19. The van der Waals surface area contributed by atoms with Crippen LogP contribution in [0.4, 0.5) is 5.69 Å². The third-order valence-electron chi connectivity index (χ3n) is 6.92. The number of hydrogen-bond acceptors (Lipinski definition) is 4. The van der Waals surface area contributed by atoms with E-state index in [0.717, 1.165) is 24.0 Å². The highest BCUT2D eigenvalue weighted by Crippen LogP contribution is 2.39. The quantitative estimate of drug-likeness (QED) is 0.487. The molecule has 1 N–H and O–H groups in total. The third-order valence-corrected chi connectivity index (χ3v) is 8.95. The number of carbonyl (C=O) groups is 1. The largest absolute Gasteiger partial charge is 0.476 e. The number of sulfonamides is 1. The molecule has 0 radical (unpaired) electrons. The number of anilines is 1. The number of benzene rings is 3. The maximum absolute atomic E-state index is 13.6. The Balaban J connectivity index is 1.41. The summed E-state index contributed by atoms with van der Waals surface area (Å²) in [5, 5.41) is 3.40.